The minimum absolute atomic E-state index is 0. The van der Waals surface area contributed by atoms with Crippen molar-refractivity contribution in [1.29, 1.82) is 0 Å². The number of allylic oxidation sites excluding steroid dienone is 4. The molecule has 0 unspecified atom stereocenters. The molecule has 0 radical (unpaired) electrons. The van der Waals surface area contributed by atoms with Gasteiger partial charge in [0.15, 0.2) is 0 Å². The van der Waals surface area contributed by atoms with E-state index in [0.717, 1.165) is 78.6 Å². The van der Waals surface area contributed by atoms with Gasteiger partial charge in [-0.2, -0.15) is 12.8 Å². The van der Waals surface area contributed by atoms with Crippen LogP contribution in [-0.2, 0) is 29.3 Å². The standard InChI is InChI=1S/C48H70N2.2C28H57.Ni/c1-5-9-13-15-17-18-19-20-21-22-23-25-28-35-46-45(34-27-24-16-14-10-6-2)47(43-38-36-41(37-39-43)31-26-11-7-3)50(49)48(46)44-33-29-32-42(40-44)30-12-8-4;2*1-3-5-7-9-11-13-15-17-19-21-23-25-27-28-26-24-22-20-18-16-14-12-10-8-6-4-2;/h28-29,32-33,35-40H,5-26,30-31H2,1-4H3;2*1,3-28H2,2H3;/q;2*-1;+2. The maximum Gasteiger partial charge on any atom is 2.00 e. The van der Waals surface area contributed by atoms with Crippen molar-refractivity contribution in [3.8, 4) is 11.8 Å². The van der Waals surface area contributed by atoms with E-state index in [1.807, 2.05) is 0 Å². The molecule has 0 N–H and O–H groups in total. The van der Waals surface area contributed by atoms with Crippen molar-refractivity contribution in [2.24, 2.45) is 0 Å². The summed E-state index contributed by atoms with van der Waals surface area (Å²) in [5, 5.41) is 0. The van der Waals surface area contributed by atoms with Crippen molar-refractivity contribution < 1.29 is 21.2 Å². The molecule has 2 aromatic carbocycles. The quantitative estimate of drug-likeness (QED) is 0.0207. The normalized spacial score (nSPS) is 12.1. The van der Waals surface area contributed by atoms with Gasteiger partial charge in [-0.1, -0.05) is 514 Å². The van der Waals surface area contributed by atoms with E-state index in [0.29, 0.717) is 0 Å². The summed E-state index contributed by atoms with van der Waals surface area (Å²) in [6.07, 6.45) is 110. The smallest absolute Gasteiger partial charge is 0.493 e. The molecular weight excluding hydrogens is 1340 g/mol. The zero-order valence-electron chi connectivity index (χ0n) is 73.1. The van der Waals surface area contributed by atoms with Crippen LogP contribution in [-0.4, -0.2) is 4.70 Å². The first kappa shape index (κ1) is 104. The Bertz CT molecular complexity index is 2200. The molecule has 0 aliphatic carbocycles. The second-order valence-electron chi connectivity index (χ2n) is 33.3. The zero-order valence-corrected chi connectivity index (χ0v) is 74.1. The number of aryl methyl sites for hydroxylation is 2. The summed E-state index contributed by atoms with van der Waals surface area (Å²) in [7, 11) is 0. The second-order valence-corrected chi connectivity index (χ2v) is 33.3. The van der Waals surface area contributed by atoms with E-state index in [9.17, 15) is 5.53 Å². The summed E-state index contributed by atoms with van der Waals surface area (Å²) in [6, 6.07) is 17.7. The molecule has 107 heavy (non-hydrogen) atoms. The average Bonchev–Trinajstić information content (AvgIpc) is 1.61. The van der Waals surface area contributed by atoms with Gasteiger partial charge in [0.1, 0.15) is 5.57 Å². The molecule has 620 valence electrons. The molecule has 0 saturated heterocycles. The maximum absolute atomic E-state index is 12.1. The molecule has 1 heterocycles. The molecule has 2 nitrogen and oxygen atoms in total. The molecular formula is C104H184N2Ni. The third-order valence-electron chi connectivity index (χ3n) is 22.8. The Balaban J connectivity index is 0.00000169. The van der Waals surface area contributed by atoms with E-state index in [4.69, 9.17) is 0 Å². The van der Waals surface area contributed by atoms with Gasteiger partial charge < -0.3 is 19.4 Å². The number of unbranched alkanes of at least 4 members (excludes halogenated alkanes) is 68. The van der Waals surface area contributed by atoms with Crippen molar-refractivity contribution in [3.63, 3.8) is 0 Å². The predicted molar refractivity (Wildman–Crippen MR) is 481 cm³/mol. The third kappa shape index (κ3) is 65.4. The van der Waals surface area contributed by atoms with Gasteiger partial charge in [0.2, 0.25) is 11.4 Å². The fraction of sp³-hybridized carbons (Fsp3) is 0.788. The minimum Gasteiger partial charge on any atom is -0.493 e. The van der Waals surface area contributed by atoms with E-state index in [1.54, 1.807) is 0 Å². The molecule has 0 bridgehead atoms. The molecule has 0 fully saturated rings. The molecule has 1 aliphatic rings. The first-order valence-corrected chi connectivity index (χ1v) is 48.4. The Labute approximate surface area is 682 Å². The van der Waals surface area contributed by atoms with Crippen LogP contribution in [0.1, 0.15) is 539 Å². The number of hydrogen-bond acceptors (Lipinski definition) is 0. The summed E-state index contributed by atoms with van der Waals surface area (Å²) < 4.78 is 1.45. The Hall–Kier alpha value is -2.69. The fourth-order valence-corrected chi connectivity index (χ4v) is 15.6. The summed E-state index contributed by atoms with van der Waals surface area (Å²) in [6.45, 7) is 21.5. The van der Waals surface area contributed by atoms with Crippen molar-refractivity contribution >= 4 is 11.4 Å². The van der Waals surface area contributed by atoms with Crippen molar-refractivity contribution in [1.82, 2.24) is 0 Å². The first-order valence-electron chi connectivity index (χ1n) is 48.4. The predicted octanol–water partition coefficient (Wildman–Crippen LogP) is 37.1. The number of rotatable bonds is 76. The molecule has 0 atom stereocenters. The number of nitrogens with zero attached hydrogens (tertiary/aromatic N) is 2. The summed E-state index contributed by atoms with van der Waals surface area (Å²) in [5.41, 5.74) is 20.5. The molecule has 0 aromatic heterocycles. The van der Waals surface area contributed by atoms with E-state index >= 15 is 0 Å². The second kappa shape index (κ2) is 85.7. The maximum atomic E-state index is 12.1. The molecule has 0 saturated carbocycles. The van der Waals surface area contributed by atoms with Crippen LogP contribution in [0.2, 0.25) is 0 Å². The van der Waals surface area contributed by atoms with Crippen LogP contribution in [0.15, 0.2) is 71.8 Å². The van der Waals surface area contributed by atoms with E-state index in [-0.39, 0.29) is 16.5 Å². The Morgan fingerprint density at radius 2 is 0.589 bits per heavy atom. The van der Waals surface area contributed by atoms with Crippen LogP contribution < -0.4 is 0 Å². The Morgan fingerprint density at radius 3 is 0.916 bits per heavy atom. The van der Waals surface area contributed by atoms with Crippen LogP contribution in [0.25, 0.3) is 16.9 Å². The van der Waals surface area contributed by atoms with Gasteiger partial charge in [-0.15, -0.1) is 0 Å². The van der Waals surface area contributed by atoms with Gasteiger partial charge in [0, 0.05) is 17.5 Å². The van der Waals surface area contributed by atoms with Gasteiger partial charge in [-0.3, -0.25) is 0 Å². The Kier molecular flexibility index (Phi) is 83.6. The summed E-state index contributed by atoms with van der Waals surface area (Å²) in [4.78, 5) is 0. The van der Waals surface area contributed by atoms with E-state index in [2.05, 4.69) is 128 Å². The van der Waals surface area contributed by atoms with Crippen LogP contribution in [0.5, 0.6) is 0 Å². The average molecular weight is 1520 g/mol. The first-order chi connectivity index (χ1) is 52.5. The van der Waals surface area contributed by atoms with Gasteiger partial charge in [0.05, 0.1) is 5.57 Å². The summed E-state index contributed by atoms with van der Waals surface area (Å²) in [5.74, 6) is 7.14. The minimum atomic E-state index is 0. The molecule has 0 spiro atoms. The summed E-state index contributed by atoms with van der Waals surface area (Å²) >= 11 is 0. The van der Waals surface area contributed by atoms with Crippen LogP contribution in [0, 0.1) is 25.7 Å². The van der Waals surface area contributed by atoms with Crippen LogP contribution >= 0.6 is 0 Å². The largest absolute Gasteiger partial charge is 2.00 e. The van der Waals surface area contributed by atoms with Gasteiger partial charge >= 0.3 is 16.5 Å². The van der Waals surface area contributed by atoms with Crippen LogP contribution in [0.4, 0.5) is 0 Å². The van der Waals surface area contributed by atoms with Gasteiger partial charge in [0.25, 0.3) is 0 Å². The van der Waals surface area contributed by atoms with E-state index < -0.39 is 0 Å². The van der Waals surface area contributed by atoms with E-state index in [1.165, 1.54) is 459 Å². The van der Waals surface area contributed by atoms with Crippen molar-refractivity contribution in [2.45, 2.75) is 530 Å². The van der Waals surface area contributed by atoms with Gasteiger partial charge in [-0.05, 0) is 80.3 Å². The monoisotopic (exact) mass is 1520 g/mol. The van der Waals surface area contributed by atoms with Crippen LogP contribution in [0.3, 0.4) is 0 Å². The fourth-order valence-electron chi connectivity index (χ4n) is 15.6. The van der Waals surface area contributed by atoms with Gasteiger partial charge in [-0.25, -0.2) is 4.70 Å². The third-order valence-corrected chi connectivity index (χ3v) is 22.8. The molecule has 3 rings (SSSR count). The molecule has 0 amide bonds. The number of hydrogen-bond donors (Lipinski definition) is 0. The SMILES string of the molecule is CCCCCCC#CC1=C(c2ccc(CCCCC)cc2)[N+](=[N-])C(c2cccc(CCCC)c2)=C1C=CCCCCCCCCCCCCC.[CH2-]CCCCCCCCCCCCCCCCCCCCCCCCCCC.[CH2-]CCCCCCCCCCCCCCCCCCCCCCCCCCC.[Ni+2]. The topological polar surface area (TPSA) is 25.3 Å². The molecule has 1 aliphatic heterocycles. The molecule has 2 aromatic rings. The van der Waals surface area contributed by atoms with Crippen molar-refractivity contribution in [2.75, 3.05) is 0 Å². The zero-order chi connectivity index (χ0) is 76.4. The number of benzene rings is 2. The molecule has 3 heteroatoms. The van der Waals surface area contributed by atoms with Crippen molar-refractivity contribution in [3.05, 3.63) is 113 Å². The Morgan fingerprint density at radius 1 is 0.299 bits per heavy atom.